The lowest BCUT2D eigenvalue weighted by molar-refractivity contribution is 0.0321. The molecule has 0 radical (unpaired) electrons. The van der Waals surface area contributed by atoms with Crippen LogP contribution in [0.25, 0.3) is 0 Å². The molecule has 9 heteroatoms. The summed E-state index contributed by atoms with van der Waals surface area (Å²) in [4.78, 5) is 11.2. The molecule has 0 aromatic carbocycles. The van der Waals surface area contributed by atoms with Gasteiger partial charge in [0.2, 0.25) is 0 Å². The minimum Gasteiger partial charge on any atom is -0.447 e. The summed E-state index contributed by atoms with van der Waals surface area (Å²) >= 11 is 0. The smallest absolute Gasteiger partial charge is 0.447 e. The van der Waals surface area contributed by atoms with Crippen molar-refractivity contribution in [2.75, 3.05) is 41.1 Å². The summed E-state index contributed by atoms with van der Waals surface area (Å²) in [7, 11) is 1.98. The third kappa shape index (κ3) is 7.45. The van der Waals surface area contributed by atoms with Crippen LogP contribution in [0.4, 0.5) is 4.79 Å². The van der Waals surface area contributed by atoms with Crippen molar-refractivity contribution >= 4 is 14.9 Å². The number of rotatable bonds is 10. The lowest BCUT2D eigenvalue weighted by Gasteiger charge is -2.24. The molecule has 0 aliphatic carbocycles. The molecule has 0 spiro atoms. The molecule has 0 heterocycles. The van der Waals surface area contributed by atoms with Crippen LogP contribution in [0.5, 0.6) is 0 Å². The lowest BCUT2D eigenvalue weighted by atomic mass is 10.4. The van der Waals surface area contributed by atoms with Gasteiger partial charge in [-0.2, -0.15) is 0 Å². The van der Waals surface area contributed by atoms with Crippen LogP contribution in [0.1, 0.15) is 6.42 Å². The predicted octanol–water partition coefficient (Wildman–Crippen LogP) is -0.666. The third-order valence-corrected chi connectivity index (χ3v) is 5.31. The number of ether oxygens (including phenoxy) is 1. The summed E-state index contributed by atoms with van der Waals surface area (Å²) in [5.74, 6) is 0. The number of carbonyl (C=O) groups excluding carboxylic acids is 1. The number of amides is 1. The van der Waals surface area contributed by atoms with E-state index in [1.807, 2.05) is 0 Å². The molecule has 1 amide bonds. The Morgan fingerprint density at radius 1 is 1.26 bits per heavy atom. The molecule has 3 N–H and O–H groups in total. The van der Waals surface area contributed by atoms with Crippen LogP contribution in [-0.2, 0) is 18.0 Å². The molecule has 0 aliphatic heterocycles. The first-order valence-corrected chi connectivity index (χ1v) is 7.81. The molecule has 0 saturated carbocycles. The second kappa shape index (κ2) is 10.1. The zero-order valence-electron chi connectivity index (χ0n) is 11.5. The Hall–Kier alpha value is -0.713. The lowest BCUT2D eigenvalue weighted by Crippen LogP contribution is -2.43. The van der Waals surface area contributed by atoms with Gasteiger partial charge in [0.1, 0.15) is 12.7 Å². The van der Waals surface area contributed by atoms with Crippen molar-refractivity contribution < 1.29 is 33.0 Å². The topological polar surface area (TPSA) is 106 Å². The van der Waals surface area contributed by atoms with E-state index < -0.39 is 27.6 Å². The van der Waals surface area contributed by atoms with Crippen LogP contribution < -0.4 is 5.32 Å². The van der Waals surface area contributed by atoms with Crippen LogP contribution in [-0.4, -0.2) is 72.3 Å². The number of hydrogen-bond donors (Lipinski definition) is 3. The Morgan fingerprint density at radius 3 is 2.32 bits per heavy atom. The number of aliphatic hydroxyl groups is 2. The van der Waals surface area contributed by atoms with E-state index in [9.17, 15) is 4.79 Å². The summed E-state index contributed by atoms with van der Waals surface area (Å²) in [6, 6.07) is 0.566. The van der Waals surface area contributed by atoms with E-state index in [0.29, 0.717) is 19.0 Å². The molecule has 19 heavy (non-hydrogen) atoms. The van der Waals surface area contributed by atoms with Gasteiger partial charge in [0, 0.05) is 33.9 Å². The Labute approximate surface area is 114 Å². The van der Waals surface area contributed by atoms with Gasteiger partial charge in [0.05, 0.1) is 6.61 Å². The highest BCUT2D eigenvalue weighted by atomic mass is 28.4. The number of alkyl carbamates (subject to hydrolysis) is 1. The molecular formula is C10H23NO7Si. The van der Waals surface area contributed by atoms with Gasteiger partial charge in [-0.1, -0.05) is 0 Å². The van der Waals surface area contributed by atoms with Crippen LogP contribution >= 0.6 is 0 Å². The van der Waals surface area contributed by atoms with Gasteiger partial charge >= 0.3 is 14.9 Å². The number of carbonyl (C=O) groups is 1. The third-order valence-electron chi connectivity index (χ3n) is 2.48. The van der Waals surface area contributed by atoms with E-state index >= 15 is 0 Å². The maximum atomic E-state index is 11.2. The minimum absolute atomic E-state index is 0.241. The minimum atomic E-state index is -2.60. The summed E-state index contributed by atoms with van der Waals surface area (Å²) in [6.45, 7) is -0.314. The van der Waals surface area contributed by atoms with Gasteiger partial charge in [-0.25, -0.2) is 4.79 Å². The molecule has 8 nitrogen and oxygen atoms in total. The molecule has 1 atom stereocenters. The van der Waals surface area contributed by atoms with Crippen molar-refractivity contribution in [1.82, 2.24) is 5.32 Å². The maximum Gasteiger partial charge on any atom is 0.500 e. The fraction of sp³-hybridized carbons (Fsp3) is 0.900. The normalized spacial score (nSPS) is 13.1. The Balaban J connectivity index is 3.76. The molecule has 0 bridgehead atoms. The van der Waals surface area contributed by atoms with E-state index in [0.717, 1.165) is 0 Å². The van der Waals surface area contributed by atoms with Crippen LogP contribution in [0, 0.1) is 0 Å². The van der Waals surface area contributed by atoms with Crippen molar-refractivity contribution in [3.8, 4) is 0 Å². The zero-order chi connectivity index (χ0) is 14.7. The Morgan fingerprint density at radius 2 is 1.84 bits per heavy atom. The Kier molecular flexibility index (Phi) is 9.74. The highest BCUT2D eigenvalue weighted by molar-refractivity contribution is 6.60. The summed E-state index contributed by atoms with van der Waals surface area (Å²) < 4.78 is 20.3. The summed E-state index contributed by atoms with van der Waals surface area (Å²) in [5, 5.41) is 20.0. The maximum absolute atomic E-state index is 11.2. The van der Waals surface area contributed by atoms with Crippen molar-refractivity contribution in [3.05, 3.63) is 0 Å². The fourth-order valence-electron chi connectivity index (χ4n) is 1.33. The average Bonchev–Trinajstić information content (AvgIpc) is 2.45. The first kappa shape index (κ1) is 18.3. The number of hydrogen-bond acceptors (Lipinski definition) is 7. The average molecular weight is 297 g/mol. The van der Waals surface area contributed by atoms with E-state index in [-0.39, 0.29) is 6.61 Å². The largest absolute Gasteiger partial charge is 0.500 e. The van der Waals surface area contributed by atoms with E-state index in [4.69, 9.17) is 23.5 Å². The monoisotopic (exact) mass is 297 g/mol. The molecular weight excluding hydrogens is 274 g/mol. The van der Waals surface area contributed by atoms with Crippen molar-refractivity contribution in [2.45, 2.75) is 18.6 Å². The zero-order valence-corrected chi connectivity index (χ0v) is 12.5. The van der Waals surface area contributed by atoms with Gasteiger partial charge in [-0.3, -0.25) is 0 Å². The van der Waals surface area contributed by atoms with E-state index in [1.54, 1.807) is 0 Å². The second-order valence-corrected chi connectivity index (χ2v) is 6.85. The fourth-order valence-corrected chi connectivity index (χ4v) is 3.05. The second-order valence-electron chi connectivity index (χ2n) is 3.76. The molecule has 114 valence electrons. The van der Waals surface area contributed by atoms with Crippen LogP contribution in [0.2, 0.25) is 6.04 Å². The van der Waals surface area contributed by atoms with Gasteiger partial charge in [-0.05, 0) is 6.42 Å². The Bertz CT molecular complexity index is 242. The highest BCUT2D eigenvalue weighted by Gasteiger charge is 2.36. The van der Waals surface area contributed by atoms with Gasteiger partial charge in [-0.15, -0.1) is 0 Å². The quantitative estimate of drug-likeness (QED) is 0.363. The van der Waals surface area contributed by atoms with E-state index in [2.05, 4.69) is 10.1 Å². The molecule has 0 rings (SSSR count). The first-order valence-electron chi connectivity index (χ1n) is 5.88. The van der Waals surface area contributed by atoms with Crippen molar-refractivity contribution in [1.29, 1.82) is 0 Å². The number of nitrogens with one attached hydrogen (secondary N) is 1. The molecule has 0 aliphatic rings. The first-order chi connectivity index (χ1) is 9.03. The molecule has 1 unspecified atom stereocenters. The van der Waals surface area contributed by atoms with Gasteiger partial charge < -0.3 is 33.5 Å². The van der Waals surface area contributed by atoms with Gasteiger partial charge in [0.25, 0.3) is 0 Å². The molecule has 0 aromatic heterocycles. The predicted molar refractivity (Wildman–Crippen MR) is 68.6 cm³/mol. The van der Waals surface area contributed by atoms with Gasteiger partial charge in [0.15, 0.2) is 0 Å². The summed E-state index contributed by atoms with van der Waals surface area (Å²) in [5.41, 5.74) is 0. The number of aliphatic hydroxyl groups excluding tert-OH is 2. The van der Waals surface area contributed by atoms with Crippen molar-refractivity contribution in [2.24, 2.45) is 0 Å². The SMILES string of the molecule is CO[Si](CCCNC(=O)OCC(O)CO)(OC)OC. The van der Waals surface area contributed by atoms with Crippen LogP contribution in [0.15, 0.2) is 0 Å². The highest BCUT2D eigenvalue weighted by Crippen LogP contribution is 2.14. The van der Waals surface area contributed by atoms with Crippen LogP contribution in [0.3, 0.4) is 0 Å². The molecule has 0 saturated heterocycles. The molecule has 0 aromatic rings. The standard InChI is InChI=1S/C10H23NO7Si/c1-15-19(16-2,17-3)6-4-5-11-10(14)18-8-9(13)7-12/h9,12-13H,4-8H2,1-3H3,(H,11,14). The van der Waals surface area contributed by atoms with Crippen molar-refractivity contribution in [3.63, 3.8) is 0 Å². The molecule has 0 fully saturated rings. The summed E-state index contributed by atoms with van der Waals surface area (Å²) in [6.07, 6.45) is -1.09. The van der Waals surface area contributed by atoms with E-state index in [1.165, 1.54) is 21.3 Å².